The zero-order chi connectivity index (χ0) is 19.2. The number of amides is 1. The van der Waals surface area contributed by atoms with Crippen molar-refractivity contribution in [2.75, 3.05) is 26.3 Å². The molecule has 1 aliphatic heterocycles. The van der Waals surface area contributed by atoms with Gasteiger partial charge in [-0.05, 0) is 50.3 Å². The summed E-state index contributed by atoms with van der Waals surface area (Å²) in [5.74, 6) is 1.46. The molecule has 1 fully saturated rings. The van der Waals surface area contributed by atoms with Crippen molar-refractivity contribution in [1.82, 2.24) is 14.5 Å². The van der Waals surface area contributed by atoms with Crippen LogP contribution in [0, 0.1) is 18.7 Å². The Morgan fingerprint density at radius 3 is 2.63 bits per heavy atom. The number of hydrogen-bond donors (Lipinski definition) is 0. The number of carbonyl (C=O) groups excluding carboxylic acids is 1. The minimum atomic E-state index is -0.216. The van der Waals surface area contributed by atoms with Gasteiger partial charge in [0, 0.05) is 44.6 Å². The van der Waals surface area contributed by atoms with Gasteiger partial charge in [0.1, 0.15) is 18.2 Å². The number of halogens is 1. The number of ether oxygens (including phenoxy) is 1. The summed E-state index contributed by atoms with van der Waals surface area (Å²) in [5, 5.41) is 0. The van der Waals surface area contributed by atoms with Crippen molar-refractivity contribution in [2.45, 2.75) is 39.7 Å². The average molecular weight is 373 g/mol. The SMILES string of the molecule is CCOCC(=O)N1CCC(Cc2ncc(C)n2Cc2ccc(F)cc2)CC1. The van der Waals surface area contributed by atoms with Gasteiger partial charge in [0.2, 0.25) is 5.91 Å². The topological polar surface area (TPSA) is 47.4 Å². The first-order chi connectivity index (χ1) is 13.1. The lowest BCUT2D eigenvalue weighted by atomic mass is 9.93. The molecule has 6 heteroatoms. The zero-order valence-corrected chi connectivity index (χ0v) is 16.2. The molecule has 1 saturated heterocycles. The van der Waals surface area contributed by atoms with Crippen LogP contribution < -0.4 is 0 Å². The Kier molecular flexibility index (Phi) is 6.61. The van der Waals surface area contributed by atoms with Crippen LogP contribution in [0.5, 0.6) is 0 Å². The van der Waals surface area contributed by atoms with E-state index < -0.39 is 0 Å². The molecule has 0 aliphatic carbocycles. The van der Waals surface area contributed by atoms with Gasteiger partial charge in [-0.3, -0.25) is 4.79 Å². The van der Waals surface area contributed by atoms with Gasteiger partial charge < -0.3 is 14.2 Å². The third kappa shape index (κ3) is 5.16. The summed E-state index contributed by atoms with van der Waals surface area (Å²) >= 11 is 0. The molecule has 27 heavy (non-hydrogen) atoms. The fraction of sp³-hybridized carbons (Fsp3) is 0.524. The predicted octanol–water partition coefficient (Wildman–Crippen LogP) is 3.20. The van der Waals surface area contributed by atoms with Gasteiger partial charge in [-0.1, -0.05) is 12.1 Å². The molecule has 0 bridgehead atoms. The minimum Gasteiger partial charge on any atom is -0.372 e. The molecule has 0 N–H and O–H groups in total. The highest BCUT2D eigenvalue weighted by Gasteiger charge is 2.24. The summed E-state index contributed by atoms with van der Waals surface area (Å²) in [6.45, 7) is 6.97. The second-order valence-electron chi connectivity index (χ2n) is 7.19. The predicted molar refractivity (Wildman–Crippen MR) is 102 cm³/mol. The lowest BCUT2D eigenvalue weighted by Crippen LogP contribution is -2.41. The van der Waals surface area contributed by atoms with E-state index in [9.17, 15) is 9.18 Å². The van der Waals surface area contributed by atoms with Crippen LogP contribution >= 0.6 is 0 Å². The number of aromatic nitrogens is 2. The molecule has 1 aliphatic rings. The molecule has 1 aromatic heterocycles. The molecule has 0 spiro atoms. The standard InChI is InChI=1S/C21H28FN3O2/c1-3-27-15-21(26)24-10-8-17(9-11-24)12-20-23-13-16(2)25(20)14-18-4-6-19(22)7-5-18/h4-7,13,17H,3,8-12,14-15H2,1-2H3. The van der Waals surface area contributed by atoms with Crippen LogP contribution in [0.3, 0.4) is 0 Å². The molecule has 0 saturated carbocycles. The maximum atomic E-state index is 13.1. The highest BCUT2D eigenvalue weighted by Crippen LogP contribution is 2.22. The van der Waals surface area contributed by atoms with Crippen molar-refractivity contribution >= 4 is 5.91 Å². The van der Waals surface area contributed by atoms with Gasteiger partial charge in [-0.25, -0.2) is 9.37 Å². The molecule has 0 radical (unpaired) electrons. The maximum absolute atomic E-state index is 13.1. The smallest absolute Gasteiger partial charge is 0.248 e. The van der Waals surface area contributed by atoms with Gasteiger partial charge in [0.15, 0.2) is 0 Å². The van der Waals surface area contributed by atoms with E-state index >= 15 is 0 Å². The lowest BCUT2D eigenvalue weighted by molar-refractivity contribution is -0.137. The third-order valence-electron chi connectivity index (χ3n) is 5.26. The number of benzene rings is 1. The second-order valence-corrected chi connectivity index (χ2v) is 7.19. The molecule has 1 aromatic carbocycles. The quantitative estimate of drug-likeness (QED) is 0.749. The molecule has 2 heterocycles. The Morgan fingerprint density at radius 2 is 1.96 bits per heavy atom. The number of aryl methyl sites for hydroxylation is 1. The molecule has 0 unspecified atom stereocenters. The van der Waals surface area contributed by atoms with Gasteiger partial charge in [0.05, 0.1) is 0 Å². The molecule has 146 valence electrons. The molecule has 1 amide bonds. The van der Waals surface area contributed by atoms with E-state index in [4.69, 9.17) is 4.74 Å². The average Bonchev–Trinajstić information content (AvgIpc) is 3.02. The first-order valence-electron chi connectivity index (χ1n) is 9.67. The second kappa shape index (κ2) is 9.13. The van der Waals surface area contributed by atoms with E-state index in [2.05, 4.69) is 16.5 Å². The van der Waals surface area contributed by atoms with Crippen LogP contribution in [0.15, 0.2) is 30.5 Å². The van der Waals surface area contributed by atoms with Gasteiger partial charge >= 0.3 is 0 Å². The monoisotopic (exact) mass is 373 g/mol. The summed E-state index contributed by atoms with van der Waals surface area (Å²) in [6.07, 6.45) is 4.78. The first-order valence-corrected chi connectivity index (χ1v) is 9.67. The van der Waals surface area contributed by atoms with Crippen LogP contribution in [0.2, 0.25) is 0 Å². The molecule has 3 rings (SSSR count). The Morgan fingerprint density at radius 1 is 1.26 bits per heavy atom. The Bertz CT molecular complexity index is 749. The number of nitrogens with zero attached hydrogens (tertiary/aromatic N) is 3. The minimum absolute atomic E-state index is 0.0870. The Labute approximate surface area is 160 Å². The highest BCUT2D eigenvalue weighted by atomic mass is 19.1. The zero-order valence-electron chi connectivity index (χ0n) is 16.2. The van der Waals surface area contributed by atoms with E-state index in [1.807, 2.05) is 30.2 Å². The van der Waals surface area contributed by atoms with Crippen molar-refractivity contribution in [2.24, 2.45) is 5.92 Å². The van der Waals surface area contributed by atoms with E-state index in [1.54, 1.807) is 0 Å². The number of piperidine rings is 1. The first kappa shape index (κ1) is 19.5. The van der Waals surface area contributed by atoms with E-state index in [0.29, 0.717) is 19.1 Å². The lowest BCUT2D eigenvalue weighted by Gasteiger charge is -2.32. The summed E-state index contributed by atoms with van der Waals surface area (Å²) in [7, 11) is 0. The van der Waals surface area contributed by atoms with Crippen molar-refractivity contribution in [3.05, 3.63) is 53.4 Å². The van der Waals surface area contributed by atoms with Crippen LogP contribution in [-0.2, 0) is 22.5 Å². The summed E-state index contributed by atoms with van der Waals surface area (Å²) < 4.78 is 20.6. The van der Waals surface area contributed by atoms with Gasteiger partial charge in [-0.2, -0.15) is 0 Å². The molecule has 5 nitrogen and oxygen atoms in total. The number of carbonyl (C=O) groups is 1. The molecule has 2 aromatic rings. The van der Waals surface area contributed by atoms with Crippen molar-refractivity contribution in [3.63, 3.8) is 0 Å². The normalized spacial score (nSPS) is 15.3. The van der Waals surface area contributed by atoms with Gasteiger partial charge in [-0.15, -0.1) is 0 Å². The fourth-order valence-electron chi connectivity index (χ4n) is 3.59. The van der Waals surface area contributed by atoms with Crippen LogP contribution in [0.25, 0.3) is 0 Å². The number of likely N-dealkylation sites (tertiary alicyclic amines) is 1. The van der Waals surface area contributed by atoms with Crippen LogP contribution in [-0.4, -0.2) is 46.7 Å². The highest BCUT2D eigenvalue weighted by molar-refractivity contribution is 5.77. The molecular weight excluding hydrogens is 345 g/mol. The van der Waals surface area contributed by atoms with Crippen LogP contribution in [0.1, 0.15) is 36.8 Å². The maximum Gasteiger partial charge on any atom is 0.248 e. The fourth-order valence-corrected chi connectivity index (χ4v) is 3.59. The molecular formula is C21H28FN3O2. The molecule has 0 atom stereocenters. The van der Waals surface area contributed by atoms with Crippen molar-refractivity contribution in [3.8, 4) is 0 Å². The third-order valence-corrected chi connectivity index (χ3v) is 5.26. The van der Waals surface area contributed by atoms with Crippen molar-refractivity contribution in [1.29, 1.82) is 0 Å². The number of imidazole rings is 1. The van der Waals surface area contributed by atoms with E-state index in [1.165, 1.54) is 12.1 Å². The summed E-state index contributed by atoms with van der Waals surface area (Å²) in [4.78, 5) is 18.6. The largest absolute Gasteiger partial charge is 0.372 e. The van der Waals surface area contributed by atoms with Crippen molar-refractivity contribution < 1.29 is 13.9 Å². The van der Waals surface area contributed by atoms with E-state index in [-0.39, 0.29) is 18.3 Å². The number of rotatable bonds is 7. The summed E-state index contributed by atoms with van der Waals surface area (Å²) in [5.41, 5.74) is 2.17. The number of hydrogen-bond acceptors (Lipinski definition) is 3. The summed E-state index contributed by atoms with van der Waals surface area (Å²) in [6, 6.07) is 6.63. The Hall–Kier alpha value is -2.21. The van der Waals surface area contributed by atoms with Gasteiger partial charge in [0.25, 0.3) is 0 Å². The van der Waals surface area contributed by atoms with E-state index in [0.717, 1.165) is 49.4 Å². The Balaban J connectivity index is 1.57. The van der Waals surface area contributed by atoms with Crippen LogP contribution in [0.4, 0.5) is 4.39 Å².